The molecule has 180 valence electrons. The number of carbonyl (C=O) groups is 2. The number of hydrogen-bond donors (Lipinski definition) is 1. The fourth-order valence-electron chi connectivity index (χ4n) is 3.72. The number of thiazole rings is 1. The standard InChI is InChI=1S/C22H27F3N4O3S/c1-14-11-28(16-7-5-15(6-8-16)22(23,24)25)19(33-14)26-18(30)27-10-9-17(12-27)29(20(31)32)13-21(2,3)4/h5-8,11,17H,9-10,12-13H2,1-4H3,(H,31,32)/t17-/m0/s1. The SMILES string of the molecule is Cc1cn(-c2ccc(C(F)(F)F)cc2)c(=NC(=O)N2CC[C@H](N(CC(C)(C)C)C(=O)O)C2)s1. The van der Waals surface area contributed by atoms with Crippen LogP contribution in [0.4, 0.5) is 22.8 Å². The first kappa shape index (κ1) is 24.8. The Hall–Kier alpha value is -2.82. The molecule has 0 aliphatic carbocycles. The molecule has 33 heavy (non-hydrogen) atoms. The van der Waals surface area contributed by atoms with Gasteiger partial charge >= 0.3 is 18.3 Å². The van der Waals surface area contributed by atoms with Crippen molar-refractivity contribution >= 4 is 23.5 Å². The number of carbonyl (C=O) groups excluding carboxylic acids is 1. The second kappa shape index (κ2) is 9.20. The van der Waals surface area contributed by atoms with E-state index in [1.54, 1.807) is 10.8 Å². The molecule has 11 heteroatoms. The van der Waals surface area contributed by atoms with E-state index >= 15 is 0 Å². The molecule has 1 aromatic carbocycles. The first-order chi connectivity index (χ1) is 15.2. The molecule has 3 amide bonds. The number of halogens is 3. The van der Waals surface area contributed by atoms with E-state index in [0.717, 1.165) is 17.0 Å². The molecule has 0 radical (unpaired) electrons. The van der Waals surface area contributed by atoms with Crippen molar-refractivity contribution in [3.8, 4) is 5.69 Å². The van der Waals surface area contributed by atoms with Crippen molar-refractivity contribution in [3.05, 3.63) is 45.7 Å². The quantitative estimate of drug-likeness (QED) is 0.667. The maximum Gasteiger partial charge on any atom is 0.416 e. The van der Waals surface area contributed by atoms with Crippen LogP contribution in [-0.2, 0) is 6.18 Å². The van der Waals surface area contributed by atoms with Gasteiger partial charge in [0.2, 0.25) is 0 Å². The zero-order valence-corrected chi connectivity index (χ0v) is 19.7. The molecule has 2 aromatic rings. The van der Waals surface area contributed by atoms with Gasteiger partial charge in [0.15, 0.2) is 4.80 Å². The number of nitrogens with zero attached hydrogens (tertiary/aromatic N) is 4. The van der Waals surface area contributed by atoms with Crippen LogP contribution in [0.2, 0.25) is 0 Å². The van der Waals surface area contributed by atoms with Gasteiger partial charge in [-0.3, -0.25) is 4.57 Å². The molecule has 0 spiro atoms. The first-order valence-electron chi connectivity index (χ1n) is 10.4. The van der Waals surface area contributed by atoms with Crippen molar-refractivity contribution in [1.29, 1.82) is 0 Å². The molecule has 1 aliphatic rings. The van der Waals surface area contributed by atoms with Crippen LogP contribution in [0, 0.1) is 12.3 Å². The minimum absolute atomic E-state index is 0.220. The van der Waals surface area contributed by atoms with Gasteiger partial charge in [0.1, 0.15) is 0 Å². The summed E-state index contributed by atoms with van der Waals surface area (Å²) in [5.74, 6) is 0. The lowest BCUT2D eigenvalue weighted by Crippen LogP contribution is -2.45. The number of alkyl halides is 3. The molecule has 1 aromatic heterocycles. The minimum atomic E-state index is -4.43. The Bertz CT molecular complexity index is 1080. The number of aromatic nitrogens is 1. The monoisotopic (exact) mass is 484 g/mol. The van der Waals surface area contributed by atoms with Gasteiger partial charge in [0.05, 0.1) is 11.6 Å². The van der Waals surface area contributed by atoms with E-state index in [1.165, 1.54) is 33.3 Å². The molecule has 0 unspecified atom stereocenters. The van der Waals surface area contributed by atoms with Crippen molar-refractivity contribution in [2.45, 2.75) is 46.3 Å². The first-order valence-corrected chi connectivity index (χ1v) is 11.3. The Balaban J connectivity index is 1.81. The lowest BCUT2D eigenvalue weighted by Gasteiger charge is -2.32. The maximum absolute atomic E-state index is 12.9. The normalized spacial score (nSPS) is 17.5. The summed E-state index contributed by atoms with van der Waals surface area (Å²) in [6.07, 6.45) is -3.22. The van der Waals surface area contributed by atoms with Gasteiger partial charge in [-0.15, -0.1) is 11.3 Å². The van der Waals surface area contributed by atoms with E-state index in [9.17, 15) is 27.9 Å². The van der Waals surface area contributed by atoms with Crippen molar-refractivity contribution in [3.63, 3.8) is 0 Å². The summed E-state index contributed by atoms with van der Waals surface area (Å²) in [6, 6.07) is 3.83. The van der Waals surface area contributed by atoms with Crippen LogP contribution in [0.15, 0.2) is 35.5 Å². The number of benzene rings is 1. The molecule has 0 bridgehead atoms. The summed E-state index contributed by atoms with van der Waals surface area (Å²) >= 11 is 1.25. The number of carboxylic acid groups (broad SMARTS) is 1. The van der Waals surface area contributed by atoms with Crippen LogP contribution < -0.4 is 4.80 Å². The number of rotatable bonds is 3. The van der Waals surface area contributed by atoms with E-state index in [4.69, 9.17) is 0 Å². The summed E-state index contributed by atoms with van der Waals surface area (Å²) in [5.41, 5.74) is -0.517. The second-order valence-electron chi connectivity index (χ2n) is 9.29. The third kappa shape index (κ3) is 6.16. The highest BCUT2D eigenvalue weighted by Crippen LogP contribution is 2.29. The average molecular weight is 485 g/mol. The molecular formula is C22H27F3N4O3S. The van der Waals surface area contributed by atoms with Gasteiger partial charge in [0, 0.05) is 36.4 Å². The third-order valence-corrected chi connectivity index (χ3v) is 6.10. The Morgan fingerprint density at radius 1 is 1.21 bits per heavy atom. The van der Waals surface area contributed by atoms with E-state index in [2.05, 4.69) is 4.99 Å². The fourth-order valence-corrected chi connectivity index (χ4v) is 4.54. The second-order valence-corrected chi connectivity index (χ2v) is 10.5. The molecule has 1 fully saturated rings. The smallest absolute Gasteiger partial charge is 0.416 e. The molecule has 0 saturated carbocycles. The van der Waals surface area contributed by atoms with Crippen molar-refractivity contribution < 1.29 is 27.9 Å². The number of amides is 3. The number of urea groups is 1. The molecule has 2 heterocycles. The van der Waals surface area contributed by atoms with Crippen molar-refractivity contribution in [2.75, 3.05) is 19.6 Å². The number of likely N-dealkylation sites (tertiary alicyclic amines) is 1. The highest BCUT2D eigenvalue weighted by Gasteiger charge is 2.35. The summed E-state index contributed by atoms with van der Waals surface area (Å²) in [6.45, 7) is 8.66. The molecule has 1 aliphatic heterocycles. The number of hydrogen-bond acceptors (Lipinski definition) is 3. The van der Waals surface area contributed by atoms with E-state index in [0.29, 0.717) is 30.0 Å². The Kier molecular flexibility index (Phi) is 6.92. The lowest BCUT2D eigenvalue weighted by atomic mass is 9.95. The van der Waals surface area contributed by atoms with E-state index in [1.807, 2.05) is 27.7 Å². The predicted molar refractivity (Wildman–Crippen MR) is 119 cm³/mol. The molecular weight excluding hydrogens is 457 g/mol. The van der Waals surface area contributed by atoms with Gasteiger partial charge in [0.25, 0.3) is 0 Å². The Morgan fingerprint density at radius 3 is 2.39 bits per heavy atom. The van der Waals surface area contributed by atoms with Gasteiger partial charge in [-0.25, -0.2) is 9.59 Å². The molecule has 1 atom stereocenters. The van der Waals surface area contributed by atoms with Crippen molar-refractivity contribution in [1.82, 2.24) is 14.4 Å². The van der Waals surface area contributed by atoms with Gasteiger partial charge in [-0.05, 0) is 43.0 Å². The lowest BCUT2D eigenvalue weighted by molar-refractivity contribution is -0.137. The summed E-state index contributed by atoms with van der Waals surface area (Å²) in [5, 5.41) is 9.62. The highest BCUT2D eigenvalue weighted by molar-refractivity contribution is 7.09. The summed E-state index contributed by atoms with van der Waals surface area (Å²) < 4.78 is 40.2. The zero-order valence-electron chi connectivity index (χ0n) is 18.9. The third-order valence-electron chi connectivity index (χ3n) is 5.20. The van der Waals surface area contributed by atoms with Crippen molar-refractivity contribution in [2.24, 2.45) is 10.4 Å². The average Bonchev–Trinajstić information content (AvgIpc) is 3.31. The van der Waals surface area contributed by atoms with Gasteiger partial charge in [-0.2, -0.15) is 18.2 Å². The van der Waals surface area contributed by atoms with Crippen LogP contribution >= 0.6 is 11.3 Å². The molecule has 1 saturated heterocycles. The van der Waals surface area contributed by atoms with Gasteiger partial charge < -0.3 is 14.9 Å². The van der Waals surface area contributed by atoms with Crippen LogP contribution in [0.1, 0.15) is 37.6 Å². The summed E-state index contributed by atoms with van der Waals surface area (Å²) in [4.78, 5) is 32.9. The molecule has 7 nitrogen and oxygen atoms in total. The largest absolute Gasteiger partial charge is 0.465 e. The zero-order chi connectivity index (χ0) is 24.6. The van der Waals surface area contributed by atoms with E-state index < -0.39 is 23.9 Å². The number of aryl methyl sites for hydroxylation is 1. The van der Waals surface area contributed by atoms with Crippen LogP contribution in [0.5, 0.6) is 0 Å². The van der Waals surface area contributed by atoms with Gasteiger partial charge in [-0.1, -0.05) is 20.8 Å². The Morgan fingerprint density at radius 2 is 1.85 bits per heavy atom. The van der Waals surface area contributed by atoms with Crippen LogP contribution in [0.25, 0.3) is 5.69 Å². The molecule has 1 N–H and O–H groups in total. The maximum atomic E-state index is 12.9. The molecule has 3 rings (SSSR count). The predicted octanol–water partition coefficient (Wildman–Crippen LogP) is 4.99. The van der Waals surface area contributed by atoms with Crippen LogP contribution in [0.3, 0.4) is 0 Å². The summed E-state index contributed by atoms with van der Waals surface area (Å²) in [7, 11) is 0. The minimum Gasteiger partial charge on any atom is -0.465 e. The highest BCUT2D eigenvalue weighted by atomic mass is 32.1. The Labute approximate surface area is 193 Å². The fraction of sp³-hybridized carbons (Fsp3) is 0.500. The van der Waals surface area contributed by atoms with Crippen LogP contribution in [-0.4, -0.2) is 57.3 Å². The topological polar surface area (TPSA) is 78.1 Å². The van der Waals surface area contributed by atoms with E-state index in [-0.39, 0.29) is 18.0 Å².